The molecular weight excluding hydrogens is 232 g/mol. The Hall–Kier alpha value is -0.860. The van der Waals surface area contributed by atoms with E-state index in [2.05, 4.69) is 9.88 Å². The molecule has 0 heterocycles. The van der Waals surface area contributed by atoms with Gasteiger partial charge in [0.15, 0.2) is 5.84 Å². The molecule has 7 nitrogen and oxygen atoms in total. The topological polar surface area (TPSA) is 108 Å². The molecule has 16 heavy (non-hydrogen) atoms. The Balaban J connectivity index is 4.77. The van der Waals surface area contributed by atoms with Crippen molar-refractivity contribution < 1.29 is 13.6 Å². The van der Waals surface area contributed by atoms with Crippen LogP contribution in [0.25, 0.3) is 0 Å². The highest BCUT2D eigenvalue weighted by Gasteiger charge is 2.25. The molecule has 0 rings (SSSR count). The first-order valence-corrected chi connectivity index (χ1v) is 6.52. The molecule has 0 aromatic rings. The molecule has 0 saturated heterocycles. The number of rotatable bonds is 7. The number of hydrogen-bond donors (Lipinski definition) is 3. The van der Waals surface area contributed by atoms with Gasteiger partial charge in [0.05, 0.1) is 6.54 Å². The molecule has 0 spiro atoms. The molecule has 0 unspecified atom stereocenters. The van der Waals surface area contributed by atoms with Crippen LogP contribution in [0, 0.1) is 0 Å². The summed E-state index contributed by atoms with van der Waals surface area (Å²) in [5, 5.41) is 11.2. The van der Waals surface area contributed by atoms with E-state index in [-0.39, 0.29) is 18.4 Å². The van der Waals surface area contributed by atoms with Crippen LogP contribution in [-0.2, 0) is 10.2 Å². The van der Waals surface area contributed by atoms with E-state index in [0.717, 1.165) is 4.31 Å². The highest BCUT2D eigenvalue weighted by Crippen LogP contribution is 2.04. The number of nitrogens with one attached hydrogen (secondary N) is 1. The van der Waals surface area contributed by atoms with Gasteiger partial charge < -0.3 is 10.9 Å². The van der Waals surface area contributed by atoms with E-state index in [1.54, 1.807) is 13.8 Å². The average molecular weight is 252 g/mol. The molecule has 0 amide bonds. The first-order chi connectivity index (χ1) is 7.35. The average Bonchev–Trinajstić information content (AvgIpc) is 2.21. The summed E-state index contributed by atoms with van der Waals surface area (Å²) >= 11 is 0. The fraction of sp³-hybridized carbons (Fsp3) is 0.875. The lowest BCUT2D eigenvalue weighted by atomic mass is 10.4. The number of nitrogens with zero attached hydrogens (tertiary/aromatic N) is 2. The zero-order valence-electron chi connectivity index (χ0n) is 9.84. The number of amidine groups is 1. The summed E-state index contributed by atoms with van der Waals surface area (Å²) in [6.07, 6.45) is 0.703. The van der Waals surface area contributed by atoms with Crippen LogP contribution in [0.5, 0.6) is 0 Å². The van der Waals surface area contributed by atoms with Crippen molar-refractivity contribution in [3.63, 3.8) is 0 Å². The molecule has 0 aliphatic heterocycles. The van der Waals surface area contributed by atoms with Crippen molar-refractivity contribution in [1.29, 1.82) is 0 Å². The van der Waals surface area contributed by atoms with Gasteiger partial charge in [0.25, 0.3) is 10.2 Å². The summed E-state index contributed by atoms with van der Waals surface area (Å²) in [4.78, 5) is 0. The lowest BCUT2D eigenvalue weighted by Gasteiger charge is -2.25. The van der Waals surface area contributed by atoms with Gasteiger partial charge in [-0.25, -0.2) is 4.72 Å². The molecule has 0 aromatic heterocycles. The van der Waals surface area contributed by atoms with E-state index >= 15 is 0 Å². The van der Waals surface area contributed by atoms with Crippen LogP contribution in [0.1, 0.15) is 27.2 Å². The minimum Gasteiger partial charge on any atom is -0.409 e. The molecule has 0 aliphatic carbocycles. The van der Waals surface area contributed by atoms with Gasteiger partial charge in [-0.15, -0.1) is 0 Å². The number of hydrogen-bond acceptors (Lipinski definition) is 4. The summed E-state index contributed by atoms with van der Waals surface area (Å²) in [6, 6.07) is -0.269. The Kier molecular flexibility index (Phi) is 6.31. The van der Waals surface area contributed by atoms with Crippen molar-refractivity contribution in [3.8, 4) is 0 Å². The largest absolute Gasteiger partial charge is 0.409 e. The quantitative estimate of drug-likeness (QED) is 0.250. The lowest BCUT2D eigenvalue weighted by Crippen LogP contribution is -2.48. The SMILES string of the molecule is CCCNS(=O)(=O)N(CC(N)=NO)C(C)C. The van der Waals surface area contributed by atoms with Crippen molar-refractivity contribution in [3.05, 3.63) is 0 Å². The predicted molar refractivity (Wildman–Crippen MR) is 62.5 cm³/mol. The van der Waals surface area contributed by atoms with Crippen LogP contribution in [-0.4, -0.2) is 42.9 Å². The second-order valence-electron chi connectivity index (χ2n) is 3.63. The zero-order valence-corrected chi connectivity index (χ0v) is 10.7. The van der Waals surface area contributed by atoms with Crippen molar-refractivity contribution >= 4 is 16.0 Å². The van der Waals surface area contributed by atoms with Crippen LogP contribution in [0.4, 0.5) is 0 Å². The normalized spacial score (nSPS) is 13.7. The summed E-state index contributed by atoms with van der Waals surface area (Å²) in [6.45, 7) is 5.53. The molecule has 0 radical (unpaired) electrons. The molecule has 0 fully saturated rings. The molecule has 0 aromatic carbocycles. The van der Waals surface area contributed by atoms with Crippen LogP contribution in [0.3, 0.4) is 0 Å². The van der Waals surface area contributed by atoms with E-state index in [1.165, 1.54) is 0 Å². The van der Waals surface area contributed by atoms with Crippen LogP contribution < -0.4 is 10.5 Å². The standard InChI is InChI=1S/C8H20N4O3S/c1-4-5-10-16(14,15)12(7(2)3)6-8(9)11-13/h7,10,13H,4-6H2,1-3H3,(H2,9,11). The molecule has 0 atom stereocenters. The zero-order chi connectivity index (χ0) is 12.8. The van der Waals surface area contributed by atoms with Gasteiger partial charge in [-0.2, -0.15) is 12.7 Å². The van der Waals surface area contributed by atoms with Gasteiger partial charge in [-0.05, 0) is 20.3 Å². The fourth-order valence-corrected chi connectivity index (χ4v) is 2.54. The van der Waals surface area contributed by atoms with Crippen molar-refractivity contribution in [1.82, 2.24) is 9.03 Å². The third-order valence-electron chi connectivity index (χ3n) is 1.87. The molecule has 4 N–H and O–H groups in total. The summed E-state index contributed by atoms with van der Waals surface area (Å²) in [5.41, 5.74) is 5.30. The van der Waals surface area contributed by atoms with Crippen LogP contribution in [0.15, 0.2) is 5.16 Å². The fourth-order valence-electron chi connectivity index (χ4n) is 1.05. The van der Waals surface area contributed by atoms with Gasteiger partial charge in [-0.1, -0.05) is 12.1 Å². The third-order valence-corrected chi connectivity index (χ3v) is 3.60. The summed E-state index contributed by atoms with van der Waals surface area (Å²) < 4.78 is 27.2. The molecule has 8 heteroatoms. The molecule has 96 valence electrons. The summed E-state index contributed by atoms with van der Waals surface area (Å²) in [5.74, 6) is -0.143. The van der Waals surface area contributed by atoms with Gasteiger partial charge in [0, 0.05) is 12.6 Å². The van der Waals surface area contributed by atoms with E-state index in [4.69, 9.17) is 10.9 Å². The van der Waals surface area contributed by atoms with E-state index in [9.17, 15) is 8.42 Å². The Morgan fingerprint density at radius 2 is 2.12 bits per heavy atom. The predicted octanol–water partition coefficient (Wildman–Crippen LogP) is -0.312. The van der Waals surface area contributed by atoms with Crippen molar-refractivity contribution in [2.24, 2.45) is 10.9 Å². The second kappa shape index (κ2) is 6.66. The van der Waals surface area contributed by atoms with E-state index < -0.39 is 10.2 Å². The first-order valence-electron chi connectivity index (χ1n) is 5.08. The van der Waals surface area contributed by atoms with Gasteiger partial charge in [-0.3, -0.25) is 0 Å². The maximum atomic E-state index is 11.8. The summed E-state index contributed by atoms with van der Waals surface area (Å²) in [7, 11) is -3.58. The highest BCUT2D eigenvalue weighted by molar-refractivity contribution is 7.87. The minimum absolute atomic E-state index is 0.132. The number of nitrogens with two attached hydrogens (primary N) is 1. The van der Waals surface area contributed by atoms with E-state index in [0.29, 0.717) is 13.0 Å². The first kappa shape index (κ1) is 15.1. The highest BCUT2D eigenvalue weighted by atomic mass is 32.2. The Bertz CT molecular complexity index is 326. The molecule has 0 bridgehead atoms. The Morgan fingerprint density at radius 3 is 2.50 bits per heavy atom. The molecule has 0 saturated carbocycles. The second-order valence-corrected chi connectivity index (χ2v) is 5.34. The number of oxime groups is 1. The van der Waals surface area contributed by atoms with Crippen molar-refractivity contribution in [2.45, 2.75) is 33.2 Å². The maximum Gasteiger partial charge on any atom is 0.280 e. The van der Waals surface area contributed by atoms with Crippen molar-refractivity contribution in [2.75, 3.05) is 13.1 Å². The monoisotopic (exact) mass is 252 g/mol. The molecular formula is C8H20N4O3S. The Morgan fingerprint density at radius 1 is 1.56 bits per heavy atom. The lowest BCUT2D eigenvalue weighted by molar-refractivity contribution is 0.311. The maximum absolute atomic E-state index is 11.8. The van der Waals surface area contributed by atoms with Gasteiger partial charge >= 0.3 is 0 Å². The third kappa shape index (κ3) is 4.77. The van der Waals surface area contributed by atoms with Gasteiger partial charge in [0.1, 0.15) is 0 Å². The molecule has 0 aliphatic rings. The Labute approximate surface area is 96.5 Å². The minimum atomic E-state index is -3.58. The smallest absolute Gasteiger partial charge is 0.280 e. The van der Waals surface area contributed by atoms with E-state index in [1.807, 2.05) is 6.92 Å². The van der Waals surface area contributed by atoms with Crippen LogP contribution in [0.2, 0.25) is 0 Å². The van der Waals surface area contributed by atoms with Crippen LogP contribution >= 0.6 is 0 Å². The van der Waals surface area contributed by atoms with Gasteiger partial charge in [0.2, 0.25) is 0 Å².